The Morgan fingerprint density at radius 1 is 1.05 bits per heavy atom. The number of fused-ring (bicyclic) bond motifs is 3. The third-order valence-corrected chi connectivity index (χ3v) is 5.02. The van der Waals surface area contributed by atoms with Gasteiger partial charge in [0.25, 0.3) is 0 Å². The van der Waals surface area contributed by atoms with E-state index in [2.05, 4.69) is 61.6 Å². The van der Waals surface area contributed by atoms with Crippen LogP contribution in [0.25, 0.3) is 0 Å². The highest BCUT2D eigenvalue weighted by Gasteiger charge is 2.39. The van der Waals surface area contributed by atoms with Crippen molar-refractivity contribution in [1.82, 2.24) is 0 Å². The van der Waals surface area contributed by atoms with Crippen LogP contribution in [0.15, 0.2) is 42.5 Å². The van der Waals surface area contributed by atoms with Crippen molar-refractivity contribution in [2.75, 3.05) is 11.9 Å². The average Bonchev–Trinajstić information content (AvgIpc) is 2.54. The molecular formula is C20H23NO. The number of ether oxygens (including phenoxy) is 1. The van der Waals surface area contributed by atoms with Gasteiger partial charge in [0.05, 0.1) is 12.1 Å². The van der Waals surface area contributed by atoms with E-state index in [0.29, 0.717) is 12.0 Å². The SMILES string of the molecule is Cc1cccc([C@@H]2Nc3ccc(C)cc3[C@H]3OCCC[C@H]32)c1. The molecule has 22 heavy (non-hydrogen) atoms. The molecule has 2 aromatic rings. The summed E-state index contributed by atoms with van der Waals surface area (Å²) in [7, 11) is 0. The minimum atomic E-state index is 0.232. The van der Waals surface area contributed by atoms with Crippen LogP contribution in [0.3, 0.4) is 0 Å². The number of rotatable bonds is 1. The van der Waals surface area contributed by atoms with E-state index in [1.165, 1.54) is 34.4 Å². The molecule has 1 N–H and O–H groups in total. The van der Waals surface area contributed by atoms with Crippen LogP contribution in [0, 0.1) is 19.8 Å². The first kappa shape index (κ1) is 13.8. The van der Waals surface area contributed by atoms with Gasteiger partial charge in [-0.15, -0.1) is 0 Å². The minimum Gasteiger partial charge on any atom is -0.378 e. The van der Waals surface area contributed by atoms with Gasteiger partial charge in [0, 0.05) is 23.8 Å². The van der Waals surface area contributed by atoms with Crippen LogP contribution >= 0.6 is 0 Å². The molecule has 2 aromatic carbocycles. The normalized spacial score (nSPS) is 26.7. The molecular weight excluding hydrogens is 270 g/mol. The van der Waals surface area contributed by atoms with Crippen LogP contribution in [0.4, 0.5) is 5.69 Å². The Balaban J connectivity index is 1.79. The summed E-state index contributed by atoms with van der Waals surface area (Å²) in [6.07, 6.45) is 2.62. The fourth-order valence-corrected chi connectivity index (χ4v) is 3.98. The van der Waals surface area contributed by atoms with Gasteiger partial charge in [-0.05, 0) is 38.3 Å². The molecule has 2 aliphatic rings. The summed E-state index contributed by atoms with van der Waals surface area (Å²) in [4.78, 5) is 0. The van der Waals surface area contributed by atoms with Crippen LogP contribution in [0.2, 0.25) is 0 Å². The van der Waals surface area contributed by atoms with E-state index < -0.39 is 0 Å². The Morgan fingerprint density at radius 3 is 2.77 bits per heavy atom. The summed E-state index contributed by atoms with van der Waals surface area (Å²) in [6, 6.07) is 15.9. The first-order valence-electron chi connectivity index (χ1n) is 8.27. The molecule has 1 saturated heterocycles. The summed E-state index contributed by atoms with van der Waals surface area (Å²) in [5.74, 6) is 0.518. The zero-order chi connectivity index (χ0) is 15.1. The highest BCUT2D eigenvalue weighted by Crippen LogP contribution is 2.49. The standard InChI is InChI=1S/C20H23NO/c1-13-5-3-6-15(11-13)19-16-7-4-10-22-20(16)17-12-14(2)8-9-18(17)21-19/h3,5-6,8-9,11-12,16,19-21H,4,7,10H2,1-2H3/t16-,19-,20-/m0/s1. The van der Waals surface area contributed by atoms with Crippen molar-refractivity contribution < 1.29 is 4.74 Å². The summed E-state index contributed by atoms with van der Waals surface area (Å²) in [6.45, 7) is 5.21. The maximum Gasteiger partial charge on any atom is 0.0895 e. The molecule has 0 bridgehead atoms. The molecule has 4 rings (SSSR count). The zero-order valence-electron chi connectivity index (χ0n) is 13.3. The van der Waals surface area contributed by atoms with Gasteiger partial charge in [-0.3, -0.25) is 0 Å². The number of aryl methyl sites for hydroxylation is 2. The zero-order valence-corrected chi connectivity index (χ0v) is 13.3. The first-order chi connectivity index (χ1) is 10.7. The summed E-state index contributed by atoms with van der Waals surface area (Å²) >= 11 is 0. The summed E-state index contributed by atoms with van der Waals surface area (Å²) in [5.41, 5.74) is 6.59. The molecule has 0 unspecified atom stereocenters. The maximum atomic E-state index is 6.21. The van der Waals surface area contributed by atoms with Crippen LogP contribution < -0.4 is 5.32 Å². The highest BCUT2D eigenvalue weighted by atomic mass is 16.5. The third-order valence-electron chi connectivity index (χ3n) is 5.02. The summed E-state index contributed by atoms with van der Waals surface area (Å²) < 4.78 is 6.21. The lowest BCUT2D eigenvalue weighted by Crippen LogP contribution is -2.36. The van der Waals surface area contributed by atoms with Crippen LogP contribution in [-0.4, -0.2) is 6.61 Å². The molecule has 114 valence electrons. The molecule has 0 spiro atoms. The molecule has 3 atom stereocenters. The lowest BCUT2D eigenvalue weighted by atomic mass is 9.77. The highest BCUT2D eigenvalue weighted by molar-refractivity contribution is 5.58. The monoisotopic (exact) mass is 293 g/mol. The predicted octanol–water partition coefficient (Wildman–Crippen LogP) is 4.94. The molecule has 2 aliphatic heterocycles. The molecule has 2 heterocycles. The van der Waals surface area contributed by atoms with E-state index in [-0.39, 0.29) is 6.10 Å². The third kappa shape index (κ3) is 2.32. The molecule has 0 saturated carbocycles. The number of anilines is 1. The number of nitrogens with one attached hydrogen (secondary N) is 1. The van der Waals surface area contributed by atoms with E-state index in [1.807, 2.05) is 0 Å². The van der Waals surface area contributed by atoms with Crippen LogP contribution in [-0.2, 0) is 4.74 Å². The fourth-order valence-electron chi connectivity index (χ4n) is 3.98. The van der Waals surface area contributed by atoms with Crippen molar-refractivity contribution in [3.8, 4) is 0 Å². The van der Waals surface area contributed by atoms with Gasteiger partial charge in [0.1, 0.15) is 0 Å². The van der Waals surface area contributed by atoms with E-state index in [9.17, 15) is 0 Å². The second kappa shape index (κ2) is 5.44. The summed E-state index contributed by atoms with van der Waals surface area (Å²) in [5, 5.41) is 3.79. The van der Waals surface area contributed by atoms with Gasteiger partial charge in [0.2, 0.25) is 0 Å². The van der Waals surface area contributed by atoms with Gasteiger partial charge >= 0.3 is 0 Å². The second-order valence-corrected chi connectivity index (χ2v) is 6.72. The lowest BCUT2D eigenvalue weighted by Gasteiger charge is -2.43. The molecule has 1 fully saturated rings. The molecule has 0 amide bonds. The van der Waals surface area contributed by atoms with Crippen molar-refractivity contribution in [1.29, 1.82) is 0 Å². The smallest absolute Gasteiger partial charge is 0.0895 e. The van der Waals surface area contributed by atoms with Gasteiger partial charge < -0.3 is 10.1 Å². The van der Waals surface area contributed by atoms with E-state index >= 15 is 0 Å². The molecule has 0 aromatic heterocycles. The molecule has 2 heteroatoms. The van der Waals surface area contributed by atoms with Gasteiger partial charge in [-0.25, -0.2) is 0 Å². The number of hydrogen-bond acceptors (Lipinski definition) is 2. The van der Waals surface area contributed by atoms with E-state index in [1.54, 1.807) is 0 Å². The van der Waals surface area contributed by atoms with E-state index in [4.69, 9.17) is 4.74 Å². The minimum absolute atomic E-state index is 0.232. The Bertz CT molecular complexity index is 694. The Morgan fingerprint density at radius 2 is 1.91 bits per heavy atom. The molecule has 0 radical (unpaired) electrons. The number of hydrogen-bond donors (Lipinski definition) is 1. The van der Waals surface area contributed by atoms with Crippen molar-refractivity contribution in [2.24, 2.45) is 5.92 Å². The number of benzene rings is 2. The molecule has 0 aliphatic carbocycles. The van der Waals surface area contributed by atoms with Gasteiger partial charge in [-0.2, -0.15) is 0 Å². The second-order valence-electron chi connectivity index (χ2n) is 6.72. The predicted molar refractivity (Wildman–Crippen MR) is 90.1 cm³/mol. The molecule has 2 nitrogen and oxygen atoms in total. The topological polar surface area (TPSA) is 21.3 Å². The largest absolute Gasteiger partial charge is 0.378 e. The van der Waals surface area contributed by atoms with E-state index in [0.717, 1.165) is 13.0 Å². The Hall–Kier alpha value is -1.80. The lowest BCUT2D eigenvalue weighted by molar-refractivity contribution is -0.0381. The Kier molecular flexibility index (Phi) is 3.42. The van der Waals surface area contributed by atoms with Crippen molar-refractivity contribution in [2.45, 2.75) is 38.8 Å². The van der Waals surface area contributed by atoms with Gasteiger partial charge in [0.15, 0.2) is 0 Å². The van der Waals surface area contributed by atoms with Crippen LogP contribution in [0.5, 0.6) is 0 Å². The van der Waals surface area contributed by atoms with Crippen LogP contribution in [0.1, 0.15) is 47.2 Å². The van der Waals surface area contributed by atoms with Crippen molar-refractivity contribution in [3.63, 3.8) is 0 Å². The van der Waals surface area contributed by atoms with Crippen molar-refractivity contribution >= 4 is 5.69 Å². The Labute approximate surface area is 132 Å². The van der Waals surface area contributed by atoms with Crippen molar-refractivity contribution in [3.05, 3.63) is 64.7 Å². The quantitative estimate of drug-likeness (QED) is 0.804. The average molecular weight is 293 g/mol. The fraction of sp³-hybridized carbons (Fsp3) is 0.400. The first-order valence-corrected chi connectivity index (χ1v) is 8.27. The van der Waals surface area contributed by atoms with Gasteiger partial charge in [-0.1, -0.05) is 47.5 Å². The maximum absolute atomic E-state index is 6.21.